The van der Waals surface area contributed by atoms with Crippen LogP contribution in [0.4, 0.5) is 0 Å². The van der Waals surface area contributed by atoms with Crippen LogP contribution in [0, 0.1) is 0 Å². The maximum atomic E-state index is 9.44. The zero-order valence-corrected chi connectivity index (χ0v) is 9.75. The Balaban J connectivity index is 0. The SMILES string of the molecule is BrCBr.O=[PH](O)O[PH](=O)O. The fourth-order valence-corrected chi connectivity index (χ4v) is 0.672. The molecule has 0 amide bonds. The molecule has 0 saturated carbocycles. The van der Waals surface area contributed by atoms with Gasteiger partial charge in [0.2, 0.25) is 0 Å². The van der Waals surface area contributed by atoms with Gasteiger partial charge in [-0.1, -0.05) is 31.9 Å². The minimum Gasteiger partial charge on any atom is -0.326 e. The lowest BCUT2D eigenvalue weighted by molar-refractivity contribution is 0.371. The summed E-state index contributed by atoms with van der Waals surface area (Å²) in [5, 5.41) is 0. The van der Waals surface area contributed by atoms with E-state index in [1.165, 1.54) is 0 Å². The van der Waals surface area contributed by atoms with E-state index in [0.29, 0.717) is 0 Å². The van der Waals surface area contributed by atoms with Crippen molar-refractivity contribution >= 4 is 48.4 Å². The summed E-state index contributed by atoms with van der Waals surface area (Å²) in [6, 6.07) is 0. The highest BCUT2D eigenvalue weighted by atomic mass is 79.9. The van der Waals surface area contributed by atoms with Gasteiger partial charge in [0.05, 0.1) is 4.24 Å². The van der Waals surface area contributed by atoms with Crippen LogP contribution in [0.1, 0.15) is 0 Å². The maximum absolute atomic E-state index is 9.44. The average molecular weight is 320 g/mol. The quantitative estimate of drug-likeness (QED) is 0.595. The summed E-state index contributed by atoms with van der Waals surface area (Å²) in [6.45, 7) is 0. The van der Waals surface area contributed by atoms with Crippen LogP contribution in [0.3, 0.4) is 0 Å². The van der Waals surface area contributed by atoms with Gasteiger partial charge in [0.25, 0.3) is 0 Å². The van der Waals surface area contributed by atoms with Crippen molar-refractivity contribution in [3.05, 3.63) is 0 Å². The smallest absolute Gasteiger partial charge is 0.323 e. The van der Waals surface area contributed by atoms with Crippen LogP contribution in [0.15, 0.2) is 0 Å². The molecular weight excluding hydrogens is 314 g/mol. The maximum Gasteiger partial charge on any atom is 0.323 e. The lowest BCUT2D eigenvalue weighted by Crippen LogP contribution is -1.58. The van der Waals surface area contributed by atoms with Crippen LogP contribution >= 0.6 is 48.4 Å². The number of hydrogen-bond acceptors (Lipinski definition) is 3. The fourth-order valence-electron chi connectivity index (χ4n) is 0.0747. The zero-order valence-electron chi connectivity index (χ0n) is 4.58. The van der Waals surface area contributed by atoms with E-state index in [1.54, 1.807) is 0 Å². The van der Waals surface area contributed by atoms with E-state index < -0.39 is 16.5 Å². The largest absolute Gasteiger partial charge is 0.326 e. The van der Waals surface area contributed by atoms with Crippen molar-refractivity contribution in [1.82, 2.24) is 0 Å². The van der Waals surface area contributed by atoms with Crippen molar-refractivity contribution < 1.29 is 23.2 Å². The lowest BCUT2D eigenvalue weighted by atomic mass is 12.0. The van der Waals surface area contributed by atoms with Crippen molar-refractivity contribution in [3.8, 4) is 0 Å². The molecule has 0 aromatic heterocycles. The molecule has 0 aromatic rings. The van der Waals surface area contributed by atoms with E-state index in [1.807, 2.05) is 0 Å². The van der Waals surface area contributed by atoms with Crippen molar-refractivity contribution in [2.75, 3.05) is 4.24 Å². The summed E-state index contributed by atoms with van der Waals surface area (Å²) >= 11 is 6.12. The Morgan fingerprint density at radius 3 is 1.40 bits per heavy atom. The van der Waals surface area contributed by atoms with Crippen molar-refractivity contribution in [2.24, 2.45) is 0 Å². The summed E-state index contributed by atoms with van der Waals surface area (Å²) < 4.78 is 23.2. The molecule has 0 radical (unpaired) electrons. The molecule has 5 nitrogen and oxygen atoms in total. The summed E-state index contributed by atoms with van der Waals surface area (Å²) in [5.41, 5.74) is 0. The van der Waals surface area contributed by atoms with Crippen molar-refractivity contribution in [1.29, 1.82) is 0 Å². The zero-order chi connectivity index (χ0) is 8.57. The predicted molar refractivity (Wildman–Crippen MR) is 46.2 cm³/mol. The Labute approximate surface area is 75.9 Å². The first-order valence-corrected chi connectivity index (χ1v) is 6.57. The molecule has 0 rings (SSSR count). The summed E-state index contributed by atoms with van der Waals surface area (Å²) in [7, 11) is -6.40. The Hall–Kier alpha value is 1.30. The minimum atomic E-state index is -3.20. The molecule has 0 aromatic carbocycles. The normalized spacial score (nSPS) is 14.8. The van der Waals surface area contributed by atoms with E-state index in [2.05, 4.69) is 36.2 Å². The third-order valence-electron chi connectivity index (χ3n) is 0.175. The topological polar surface area (TPSA) is 83.8 Å². The summed E-state index contributed by atoms with van der Waals surface area (Å²) in [6.07, 6.45) is 0. The first-order chi connectivity index (χ1) is 4.54. The number of alkyl halides is 2. The van der Waals surface area contributed by atoms with Crippen molar-refractivity contribution in [3.63, 3.8) is 0 Å². The molecule has 2 N–H and O–H groups in total. The van der Waals surface area contributed by atoms with Gasteiger partial charge in [-0.3, -0.25) is 9.13 Å². The van der Waals surface area contributed by atoms with Gasteiger partial charge in [0.15, 0.2) is 0 Å². The molecule has 2 atom stereocenters. The molecule has 0 spiro atoms. The van der Waals surface area contributed by atoms with Gasteiger partial charge in [0.1, 0.15) is 0 Å². The second kappa shape index (κ2) is 10.3. The Kier molecular flexibility index (Phi) is 14.3. The predicted octanol–water partition coefficient (Wildman–Crippen LogP) is 1.50. The molecular formula is CH6Br2O5P2. The first-order valence-electron chi connectivity index (χ1n) is 1.80. The molecule has 0 fully saturated rings. The van der Waals surface area contributed by atoms with Gasteiger partial charge < -0.3 is 9.79 Å². The molecule has 0 aliphatic carbocycles. The van der Waals surface area contributed by atoms with Crippen LogP contribution in [-0.2, 0) is 13.4 Å². The highest BCUT2D eigenvalue weighted by Crippen LogP contribution is 2.30. The number of halogens is 2. The van der Waals surface area contributed by atoms with Crippen LogP contribution in [0.25, 0.3) is 0 Å². The van der Waals surface area contributed by atoms with Gasteiger partial charge >= 0.3 is 16.5 Å². The van der Waals surface area contributed by atoms with Crippen LogP contribution in [0.2, 0.25) is 0 Å². The van der Waals surface area contributed by atoms with Gasteiger partial charge in [-0.05, 0) is 0 Å². The molecule has 0 heterocycles. The molecule has 9 heteroatoms. The average Bonchev–Trinajstić information content (AvgIpc) is 1.62. The second-order valence-corrected chi connectivity index (χ2v) is 5.24. The Morgan fingerprint density at radius 1 is 1.20 bits per heavy atom. The monoisotopic (exact) mass is 318 g/mol. The first kappa shape index (κ1) is 13.9. The number of hydrogen-bond donors (Lipinski definition) is 2. The van der Waals surface area contributed by atoms with E-state index in [9.17, 15) is 9.13 Å². The van der Waals surface area contributed by atoms with Gasteiger partial charge in [0, 0.05) is 0 Å². The van der Waals surface area contributed by atoms with Crippen LogP contribution < -0.4 is 0 Å². The molecule has 2 unspecified atom stereocenters. The molecule has 0 bridgehead atoms. The van der Waals surface area contributed by atoms with Crippen LogP contribution in [-0.4, -0.2) is 14.0 Å². The van der Waals surface area contributed by atoms with E-state index in [4.69, 9.17) is 9.79 Å². The van der Waals surface area contributed by atoms with E-state index in [-0.39, 0.29) is 0 Å². The lowest BCUT2D eigenvalue weighted by Gasteiger charge is -1.86. The minimum absolute atomic E-state index is 0.875. The standard InChI is InChI=1S/CH2Br2.H4O5P2/c2-1-3;1-6(2)5-7(3)4/h1H2;6-7H,(H,1,2)(H,3,4). The summed E-state index contributed by atoms with van der Waals surface area (Å²) in [4.78, 5) is 15.4. The molecule has 0 aliphatic rings. The third-order valence-corrected chi connectivity index (χ3v) is 1.57. The fraction of sp³-hybridized carbons (Fsp3) is 1.00. The van der Waals surface area contributed by atoms with Gasteiger partial charge in [-0.15, -0.1) is 0 Å². The van der Waals surface area contributed by atoms with Crippen LogP contribution in [0.5, 0.6) is 0 Å². The van der Waals surface area contributed by atoms with Gasteiger partial charge in [-0.2, -0.15) is 0 Å². The second-order valence-electron chi connectivity index (χ2n) is 0.735. The summed E-state index contributed by atoms with van der Waals surface area (Å²) in [5.74, 6) is 0. The van der Waals surface area contributed by atoms with E-state index >= 15 is 0 Å². The molecule has 64 valence electrons. The Morgan fingerprint density at radius 2 is 1.40 bits per heavy atom. The molecule has 0 saturated heterocycles. The highest BCUT2D eigenvalue weighted by molar-refractivity contribution is 9.24. The molecule has 10 heavy (non-hydrogen) atoms. The van der Waals surface area contributed by atoms with E-state index in [0.717, 1.165) is 4.24 Å². The number of rotatable bonds is 2. The van der Waals surface area contributed by atoms with Crippen molar-refractivity contribution in [2.45, 2.75) is 0 Å². The Bertz CT molecular complexity index is 104. The third kappa shape index (κ3) is 22.8. The molecule has 0 aliphatic heterocycles. The van der Waals surface area contributed by atoms with Gasteiger partial charge in [-0.25, -0.2) is 4.31 Å². The highest BCUT2D eigenvalue weighted by Gasteiger charge is 1.93.